The molecule has 0 radical (unpaired) electrons. The molecule has 2 aliphatic heterocycles. The summed E-state index contributed by atoms with van der Waals surface area (Å²) in [4.78, 5) is 6.63. The van der Waals surface area contributed by atoms with Crippen molar-refractivity contribution >= 4 is 5.96 Å². The molecule has 0 atom stereocenters. The number of nitrogens with zero attached hydrogens (tertiary/aromatic N) is 2. The van der Waals surface area contributed by atoms with E-state index in [0.29, 0.717) is 0 Å². The van der Waals surface area contributed by atoms with Gasteiger partial charge in [-0.05, 0) is 32.9 Å². The Morgan fingerprint density at radius 1 is 1.54 bits per heavy atom. The molecule has 0 aliphatic carbocycles. The van der Waals surface area contributed by atoms with Crippen molar-refractivity contribution in [3.05, 3.63) is 0 Å². The lowest BCUT2D eigenvalue weighted by Crippen LogP contribution is -2.56. The summed E-state index contributed by atoms with van der Waals surface area (Å²) in [5.74, 6) is 0.740. The average molecular weight is 182 g/mol. The first kappa shape index (κ1) is 8.81. The second-order valence-corrected chi connectivity index (χ2v) is 3.89. The van der Waals surface area contributed by atoms with E-state index < -0.39 is 0 Å². The second-order valence-electron chi connectivity index (χ2n) is 3.89. The Balaban J connectivity index is 2.14. The summed E-state index contributed by atoms with van der Waals surface area (Å²) in [6.07, 6.45) is 2.34. The molecule has 1 fully saturated rings. The van der Waals surface area contributed by atoms with E-state index in [1.165, 1.54) is 12.8 Å². The van der Waals surface area contributed by atoms with E-state index in [-0.39, 0.29) is 5.54 Å². The van der Waals surface area contributed by atoms with Gasteiger partial charge in [0.05, 0.1) is 12.1 Å². The molecule has 0 aromatic carbocycles. The number of guanidine groups is 1. The van der Waals surface area contributed by atoms with Crippen LogP contribution >= 0.6 is 0 Å². The van der Waals surface area contributed by atoms with Crippen LogP contribution in [-0.4, -0.2) is 42.6 Å². The summed E-state index contributed by atoms with van der Waals surface area (Å²) >= 11 is 0. The van der Waals surface area contributed by atoms with E-state index in [4.69, 9.17) is 5.73 Å². The van der Waals surface area contributed by atoms with Crippen LogP contribution in [0, 0.1) is 0 Å². The number of likely N-dealkylation sites (N-methyl/N-ethyl adjacent to an activating group) is 1. The van der Waals surface area contributed by atoms with Crippen LogP contribution in [0.4, 0.5) is 0 Å². The first-order valence-corrected chi connectivity index (χ1v) is 5.07. The average Bonchev–Trinajstić information content (AvgIpc) is 2.45. The lowest BCUT2D eigenvalue weighted by molar-refractivity contribution is 0.156. The molecule has 0 aromatic rings. The Hall–Kier alpha value is -0.770. The van der Waals surface area contributed by atoms with Gasteiger partial charge in [0.25, 0.3) is 0 Å². The predicted molar refractivity (Wildman–Crippen MR) is 53.7 cm³/mol. The van der Waals surface area contributed by atoms with E-state index in [2.05, 4.69) is 22.1 Å². The predicted octanol–water partition coefficient (Wildman–Crippen LogP) is -0.241. The monoisotopic (exact) mass is 182 g/mol. The van der Waals surface area contributed by atoms with E-state index >= 15 is 0 Å². The van der Waals surface area contributed by atoms with Gasteiger partial charge >= 0.3 is 0 Å². The molecule has 4 heteroatoms. The highest BCUT2D eigenvalue weighted by Crippen LogP contribution is 2.30. The molecule has 4 nitrogen and oxygen atoms in total. The van der Waals surface area contributed by atoms with Crippen LogP contribution in [0.15, 0.2) is 4.99 Å². The van der Waals surface area contributed by atoms with Gasteiger partial charge in [0.15, 0.2) is 5.96 Å². The van der Waals surface area contributed by atoms with E-state index in [1.54, 1.807) is 0 Å². The molecule has 3 N–H and O–H groups in total. The summed E-state index contributed by atoms with van der Waals surface area (Å²) in [5, 5.41) is 3.38. The Morgan fingerprint density at radius 3 is 2.85 bits per heavy atom. The van der Waals surface area contributed by atoms with Gasteiger partial charge in [-0.25, -0.2) is 0 Å². The SMILES string of the molecule is CCN1C(N)=NCC12CCNCC2. The lowest BCUT2D eigenvalue weighted by atomic mass is 9.87. The number of nitrogens with one attached hydrogen (secondary N) is 1. The number of hydrogen-bond acceptors (Lipinski definition) is 4. The molecular weight excluding hydrogens is 164 g/mol. The minimum Gasteiger partial charge on any atom is -0.370 e. The zero-order valence-corrected chi connectivity index (χ0v) is 8.21. The first-order chi connectivity index (χ1) is 6.28. The van der Waals surface area contributed by atoms with Crippen LogP contribution in [0.25, 0.3) is 0 Å². The zero-order chi connectivity index (χ0) is 9.31. The minimum absolute atomic E-state index is 0.254. The molecule has 2 aliphatic rings. The molecule has 0 unspecified atom stereocenters. The highest BCUT2D eigenvalue weighted by Gasteiger charge is 2.41. The Labute approximate surface area is 79.2 Å². The molecule has 0 aromatic heterocycles. The van der Waals surface area contributed by atoms with Crippen LogP contribution < -0.4 is 11.1 Å². The number of piperidine rings is 1. The van der Waals surface area contributed by atoms with Crippen molar-refractivity contribution in [2.75, 3.05) is 26.2 Å². The van der Waals surface area contributed by atoms with Crippen molar-refractivity contribution in [2.24, 2.45) is 10.7 Å². The van der Waals surface area contributed by atoms with Crippen LogP contribution in [0.3, 0.4) is 0 Å². The molecule has 1 saturated heterocycles. The Bertz CT molecular complexity index is 218. The maximum absolute atomic E-state index is 5.85. The number of aliphatic imine (C=N–C) groups is 1. The van der Waals surface area contributed by atoms with Crippen molar-refractivity contribution in [2.45, 2.75) is 25.3 Å². The third-order valence-electron chi connectivity index (χ3n) is 3.23. The number of nitrogens with two attached hydrogens (primary N) is 1. The third kappa shape index (κ3) is 1.29. The highest BCUT2D eigenvalue weighted by atomic mass is 15.4. The zero-order valence-electron chi connectivity index (χ0n) is 8.21. The van der Waals surface area contributed by atoms with Crippen molar-refractivity contribution in [1.29, 1.82) is 0 Å². The van der Waals surface area contributed by atoms with Crippen LogP contribution in [0.2, 0.25) is 0 Å². The lowest BCUT2D eigenvalue weighted by Gasteiger charge is -2.41. The van der Waals surface area contributed by atoms with Gasteiger partial charge in [-0.2, -0.15) is 0 Å². The Kier molecular flexibility index (Phi) is 2.15. The van der Waals surface area contributed by atoms with Gasteiger partial charge in [0.1, 0.15) is 0 Å². The van der Waals surface area contributed by atoms with Crippen LogP contribution in [0.5, 0.6) is 0 Å². The van der Waals surface area contributed by atoms with Gasteiger partial charge < -0.3 is 16.0 Å². The molecule has 74 valence electrons. The van der Waals surface area contributed by atoms with Crippen molar-refractivity contribution in [3.8, 4) is 0 Å². The molecule has 0 saturated carbocycles. The van der Waals surface area contributed by atoms with Crippen LogP contribution in [0.1, 0.15) is 19.8 Å². The van der Waals surface area contributed by atoms with E-state index in [0.717, 1.165) is 32.1 Å². The maximum Gasteiger partial charge on any atom is 0.191 e. The summed E-state index contributed by atoms with van der Waals surface area (Å²) in [6, 6.07) is 0. The summed E-state index contributed by atoms with van der Waals surface area (Å²) in [6.45, 7) is 6.22. The van der Waals surface area contributed by atoms with Gasteiger partial charge in [0, 0.05) is 6.54 Å². The number of hydrogen-bond donors (Lipinski definition) is 2. The van der Waals surface area contributed by atoms with Gasteiger partial charge in [-0.15, -0.1) is 0 Å². The Morgan fingerprint density at radius 2 is 2.23 bits per heavy atom. The minimum atomic E-state index is 0.254. The van der Waals surface area contributed by atoms with E-state index in [9.17, 15) is 0 Å². The second kappa shape index (κ2) is 3.18. The van der Waals surface area contributed by atoms with Gasteiger partial charge in [-0.1, -0.05) is 0 Å². The molecule has 0 bridgehead atoms. The summed E-state index contributed by atoms with van der Waals surface area (Å²) in [7, 11) is 0. The fraction of sp³-hybridized carbons (Fsp3) is 0.889. The quantitative estimate of drug-likeness (QED) is 0.588. The molecule has 1 spiro atoms. The first-order valence-electron chi connectivity index (χ1n) is 5.07. The molecule has 0 amide bonds. The highest BCUT2D eigenvalue weighted by molar-refractivity contribution is 5.81. The topological polar surface area (TPSA) is 53.6 Å². The van der Waals surface area contributed by atoms with Crippen LogP contribution in [-0.2, 0) is 0 Å². The van der Waals surface area contributed by atoms with Crippen molar-refractivity contribution in [1.82, 2.24) is 10.2 Å². The summed E-state index contributed by atoms with van der Waals surface area (Å²) < 4.78 is 0. The van der Waals surface area contributed by atoms with Crippen molar-refractivity contribution in [3.63, 3.8) is 0 Å². The largest absolute Gasteiger partial charge is 0.370 e. The fourth-order valence-electron chi connectivity index (χ4n) is 2.46. The standard InChI is InChI=1S/C9H18N4/c1-2-13-8(10)12-7-9(13)3-5-11-6-4-9/h11H,2-7H2,1H3,(H2,10,12). The maximum atomic E-state index is 5.85. The normalized spacial score (nSPS) is 26.5. The molecule has 13 heavy (non-hydrogen) atoms. The molecule has 2 heterocycles. The van der Waals surface area contributed by atoms with E-state index in [1.807, 2.05) is 0 Å². The smallest absolute Gasteiger partial charge is 0.191 e. The summed E-state index contributed by atoms with van der Waals surface area (Å²) in [5.41, 5.74) is 6.10. The molecular formula is C9H18N4. The van der Waals surface area contributed by atoms with Crippen molar-refractivity contribution < 1.29 is 0 Å². The fourth-order valence-corrected chi connectivity index (χ4v) is 2.46. The number of rotatable bonds is 1. The van der Waals surface area contributed by atoms with Gasteiger partial charge in [0.2, 0.25) is 0 Å². The van der Waals surface area contributed by atoms with Gasteiger partial charge in [-0.3, -0.25) is 4.99 Å². The molecule has 2 rings (SSSR count). The third-order valence-corrected chi connectivity index (χ3v) is 3.23.